The van der Waals surface area contributed by atoms with Gasteiger partial charge in [0.2, 0.25) is 5.88 Å². The van der Waals surface area contributed by atoms with Gasteiger partial charge in [0.1, 0.15) is 5.56 Å². The van der Waals surface area contributed by atoms with Gasteiger partial charge in [0.15, 0.2) is 15.6 Å². The molecule has 2 aromatic rings. The highest BCUT2D eigenvalue weighted by Crippen LogP contribution is 2.30. The lowest BCUT2D eigenvalue weighted by molar-refractivity contribution is 0.103. The molecule has 8 heteroatoms. The quantitative estimate of drug-likeness (QED) is 0.577. The van der Waals surface area contributed by atoms with E-state index in [1.807, 2.05) is 0 Å². The number of sulfone groups is 1. The second kappa shape index (κ2) is 7.10. The monoisotopic (exact) mass is 363 g/mol. The Labute approximate surface area is 146 Å². The van der Waals surface area contributed by atoms with E-state index in [2.05, 4.69) is 17.0 Å². The number of aromatic nitrogens is 2. The molecule has 2 rings (SSSR count). The molecular formula is C17H21N3O4S. The zero-order valence-corrected chi connectivity index (χ0v) is 15.2. The van der Waals surface area contributed by atoms with Crippen LogP contribution in [0.2, 0.25) is 0 Å². The number of carbonyl (C=O) groups is 1. The average Bonchev–Trinajstić information content (AvgIpc) is 2.92. The van der Waals surface area contributed by atoms with Crippen LogP contribution in [-0.4, -0.2) is 41.9 Å². The van der Waals surface area contributed by atoms with Crippen molar-refractivity contribution in [3.05, 3.63) is 47.7 Å². The summed E-state index contributed by atoms with van der Waals surface area (Å²) in [5, 5.41) is 17.0. The molecule has 134 valence electrons. The van der Waals surface area contributed by atoms with Crippen LogP contribution in [0.1, 0.15) is 28.4 Å². The van der Waals surface area contributed by atoms with Gasteiger partial charge >= 0.3 is 0 Å². The Hall–Kier alpha value is -2.61. The van der Waals surface area contributed by atoms with Crippen molar-refractivity contribution in [2.75, 3.05) is 18.1 Å². The van der Waals surface area contributed by atoms with Crippen molar-refractivity contribution in [1.82, 2.24) is 9.78 Å². The molecule has 7 nitrogen and oxygen atoms in total. The molecule has 0 aliphatic rings. The number of benzene rings is 1. The van der Waals surface area contributed by atoms with Crippen molar-refractivity contribution < 1.29 is 18.3 Å². The minimum atomic E-state index is -3.48. The summed E-state index contributed by atoms with van der Waals surface area (Å²) in [7, 11) is -3.48. The molecule has 0 aliphatic carbocycles. The number of rotatable bonds is 7. The molecule has 0 aliphatic heterocycles. The molecule has 1 aromatic heterocycles. The van der Waals surface area contributed by atoms with Crippen LogP contribution >= 0.6 is 0 Å². The number of nitrogens with zero attached hydrogens (tertiary/aromatic N) is 2. The number of aryl methyl sites for hydroxylation is 1. The molecule has 0 fully saturated rings. The van der Waals surface area contributed by atoms with Crippen LogP contribution in [-0.2, 0) is 16.4 Å². The fourth-order valence-corrected chi connectivity index (χ4v) is 3.46. The van der Waals surface area contributed by atoms with Crippen LogP contribution in [0.4, 0.5) is 5.69 Å². The Bertz CT molecular complexity index is 930. The van der Waals surface area contributed by atoms with Gasteiger partial charge in [-0.2, -0.15) is 5.10 Å². The Kier molecular flexibility index (Phi) is 5.32. The van der Waals surface area contributed by atoms with Gasteiger partial charge in [-0.25, -0.2) is 13.1 Å². The fraction of sp³-hybridized carbons (Fsp3) is 0.294. The standard InChI is InChI=1S/C17H21N3O4S/c1-5-9-18-15-11(3)12(7-8-14(15)25(4,23)24)16(21)13-10-19-20(6-2)17(13)22/h5,7-8,10,18,22H,1,6,9H2,2-4H3. The van der Waals surface area contributed by atoms with E-state index in [9.17, 15) is 18.3 Å². The van der Waals surface area contributed by atoms with Crippen molar-refractivity contribution in [2.24, 2.45) is 0 Å². The number of hydrogen-bond donors (Lipinski definition) is 2. The first-order valence-electron chi connectivity index (χ1n) is 7.70. The maximum atomic E-state index is 12.8. The van der Waals surface area contributed by atoms with E-state index < -0.39 is 15.6 Å². The van der Waals surface area contributed by atoms with Crippen LogP contribution in [0.5, 0.6) is 5.88 Å². The van der Waals surface area contributed by atoms with E-state index in [0.29, 0.717) is 29.9 Å². The molecule has 0 radical (unpaired) electrons. The Morgan fingerprint density at radius 2 is 2.08 bits per heavy atom. The van der Waals surface area contributed by atoms with Crippen molar-refractivity contribution in [3.8, 4) is 5.88 Å². The number of anilines is 1. The lowest BCUT2D eigenvalue weighted by Gasteiger charge is -2.15. The lowest BCUT2D eigenvalue weighted by atomic mass is 9.99. The second-order valence-electron chi connectivity index (χ2n) is 5.58. The highest BCUT2D eigenvalue weighted by atomic mass is 32.2. The zero-order chi connectivity index (χ0) is 18.8. The molecule has 0 atom stereocenters. The molecule has 1 heterocycles. The third-order valence-electron chi connectivity index (χ3n) is 3.85. The van der Waals surface area contributed by atoms with Gasteiger partial charge < -0.3 is 10.4 Å². The van der Waals surface area contributed by atoms with Gasteiger partial charge in [0.05, 0.1) is 16.8 Å². The van der Waals surface area contributed by atoms with E-state index >= 15 is 0 Å². The molecular weight excluding hydrogens is 342 g/mol. The minimum Gasteiger partial charge on any atom is -0.493 e. The average molecular weight is 363 g/mol. The molecule has 0 bridgehead atoms. The van der Waals surface area contributed by atoms with Crippen LogP contribution < -0.4 is 5.32 Å². The van der Waals surface area contributed by atoms with Gasteiger partial charge in [-0.1, -0.05) is 6.08 Å². The number of aromatic hydroxyl groups is 1. The summed E-state index contributed by atoms with van der Waals surface area (Å²) in [6, 6.07) is 2.85. The predicted molar refractivity (Wildman–Crippen MR) is 96.0 cm³/mol. The molecule has 0 spiro atoms. The Balaban J connectivity index is 2.60. The third kappa shape index (κ3) is 3.58. The summed E-state index contributed by atoms with van der Waals surface area (Å²) in [4.78, 5) is 12.9. The van der Waals surface area contributed by atoms with Gasteiger partial charge in [-0.15, -0.1) is 6.58 Å². The summed E-state index contributed by atoms with van der Waals surface area (Å²) >= 11 is 0. The van der Waals surface area contributed by atoms with Gasteiger partial charge in [0, 0.05) is 24.9 Å². The number of hydrogen-bond acceptors (Lipinski definition) is 6. The van der Waals surface area contributed by atoms with Gasteiger partial charge in [0.25, 0.3) is 0 Å². The summed E-state index contributed by atoms with van der Waals surface area (Å²) in [6.45, 7) is 7.84. The molecule has 2 N–H and O–H groups in total. The molecule has 1 aromatic carbocycles. The summed E-state index contributed by atoms with van der Waals surface area (Å²) in [6.07, 6.45) is 4.01. The first kappa shape index (κ1) is 18.7. The highest BCUT2D eigenvalue weighted by molar-refractivity contribution is 7.90. The zero-order valence-electron chi connectivity index (χ0n) is 14.4. The second-order valence-corrected chi connectivity index (χ2v) is 7.56. The largest absolute Gasteiger partial charge is 0.493 e. The molecule has 0 unspecified atom stereocenters. The number of ketones is 1. The van der Waals surface area contributed by atoms with Crippen LogP contribution in [0.15, 0.2) is 35.9 Å². The van der Waals surface area contributed by atoms with E-state index in [-0.39, 0.29) is 16.3 Å². The topological polar surface area (TPSA) is 101 Å². The normalized spacial score (nSPS) is 11.3. The SMILES string of the molecule is C=CCNc1c(S(C)(=O)=O)ccc(C(=O)c2cnn(CC)c2O)c1C. The Morgan fingerprint density at radius 3 is 2.60 bits per heavy atom. The lowest BCUT2D eigenvalue weighted by Crippen LogP contribution is -2.12. The van der Waals surface area contributed by atoms with Gasteiger partial charge in [-0.05, 0) is 31.5 Å². The minimum absolute atomic E-state index is 0.0757. The predicted octanol–water partition coefficient (Wildman–Crippen LogP) is 2.15. The summed E-state index contributed by atoms with van der Waals surface area (Å²) in [5.74, 6) is -0.629. The van der Waals surface area contributed by atoms with Crippen molar-refractivity contribution in [3.63, 3.8) is 0 Å². The summed E-state index contributed by atoms with van der Waals surface area (Å²) < 4.78 is 25.3. The Morgan fingerprint density at radius 1 is 1.40 bits per heavy atom. The molecule has 0 amide bonds. The number of carbonyl (C=O) groups excluding carboxylic acids is 1. The first-order valence-corrected chi connectivity index (χ1v) is 9.59. The van der Waals surface area contributed by atoms with E-state index in [4.69, 9.17) is 0 Å². The third-order valence-corrected chi connectivity index (χ3v) is 4.99. The van der Waals surface area contributed by atoms with Crippen LogP contribution in [0.25, 0.3) is 0 Å². The van der Waals surface area contributed by atoms with Crippen molar-refractivity contribution >= 4 is 21.3 Å². The van der Waals surface area contributed by atoms with E-state index in [1.54, 1.807) is 19.9 Å². The fourth-order valence-electron chi connectivity index (χ4n) is 2.55. The maximum absolute atomic E-state index is 12.8. The van der Waals surface area contributed by atoms with Crippen molar-refractivity contribution in [2.45, 2.75) is 25.3 Å². The smallest absolute Gasteiger partial charge is 0.220 e. The van der Waals surface area contributed by atoms with E-state index in [1.165, 1.54) is 23.0 Å². The molecule has 0 saturated carbocycles. The maximum Gasteiger partial charge on any atom is 0.220 e. The highest BCUT2D eigenvalue weighted by Gasteiger charge is 2.24. The van der Waals surface area contributed by atoms with Crippen LogP contribution in [0, 0.1) is 6.92 Å². The molecule has 25 heavy (non-hydrogen) atoms. The van der Waals surface area contributed by atoms with Crippen molar-refractivity contribution in [1.29, 1.82) is 0 Å². The number of nitrogens with one attached hydrogen (secondary N) is 1. The van der Waals surface area contributed by atoms with Gasteiger partial charge in [-0.3, -0.25) is 4.79 Å². The van der Waals surface area contributed by atoms with Crippen LogP contribution in [0.3, 0.4) is 0 Å². The summed E-state index contributed by atoms with van der Waals surface area (Å²) in [5.41, 5.74) is 1.21. The molecule has 0 saturated heterocycles. The first-order chi connectivity index (χ1) is 11.7. The van der Waals surface area contributed by atoms with E-state index in [0.717, 1.165) is 6.26 Å².